The van der Waals surface area contributed by atoms with Crippen LogP contribution in [0.3, 0.4) is 0 Å². The lowest BCUT2D eigenvalue weighted by Gasteiger charge is -2.04. The van der Waals surface area contributed by atoms with Gasteiger partial charge in [-0.25, -0.2) is 9.18 Å². The van der Waals surface area contributed by atoms with Gasteiger partial charge in [0.05, 0.1) is 0 Å². The topological polar surface area (TPSA) is 87.0 Å². The molecule has 0 unspecified atom stereocenters. The summed E-state index contributed by atoms with van der Waals surface area (Å²) in [4.78, 5) is 24.7. The molecule has 0 saturated carbocycles. The minimum absolute atomic E-state index is 0.127. The monoisotopic (exact) mass is 374 g/mol. The largest absolute Gasteiger partial charge is 0.456 e. The molecule has 0 aliphatic carbocycles. The van der Waals surface area contributed by atoms with Gasteiger partial charge in [-0.15, -0.1) is 10.2 Å². The van der Waals surface area contributed by atoms with Crippen molar-refractivity contribution in [2.45, 2.75) is 6.54 Å². The van der Waals surface area contributed by atoms with Crippen LogP contribution < -0.4 is 0 Å². The number of ketones is 1. The van der Waals surface area contributed by atoms with E-state index >= 15 is 0 Å². The predicted octanol–water partition coefficient (Wildman–Crippen LogP) is 2.56. The summed E-state index contributed by atoms with van der Waals surface area (Å²) in [5.74, 6) is -1.44. The molecule has 132 valence electrons. The summed E-state index contributed by atoms with van der Waals surface area (Å²) in [7, 11) is 0. The number of carbonyl (C=O) groups is 2. The molecule has 0 aliphatic heterocycles. The highest BCUT2D eigenvalue weighted by Crippen LogP contribution is 2.16. The number of nitrogens with zero attached hydrogens (tertiary/aromatic N) is 4. The number of hydrogen-bond acceptors (Lipinski definition) is 6. The Balaban J connectivity index is 1.55. The summed E-state index contributed by atoms with van der Waals surface area (Å²) < 4.78 is 18.0. The number of rotatable bonds is 6. The van der Waals surface area contributed by atoms with Crippen LogP contribution in [0.4, 0.5) is 4.39 Å². The van der Waals surface area contributed by atoms with Gasteiger partial charge < -0.3 is 4.74 Å². The summed E-state index contributed by atoms with van der Waals surface area (Å²) in [6.07, 6.45) is 0. The van der Waals surface area contributed by atoms with E-state index in [1.165, 1.54) is 18.2 Å². The molecule has 9 heteroatoms. The van der Waals surface area contributed by atoms with E-state index in [0.717, 1.165) is 10.9 Å². The van der Waals surface area contributed by atoms with Crippen molar-refractivity contribution in [2.75, 3.05) is 6.61 Å². The molecule has 0 aliphatic rings. The minimum atomic E-state index is -0.713. The number of ether oxygens (including phenoxy) is 1. The number of hydrogen-bond donors (Lipinski definition) is 0. The molecule has 0 spiro atoms. The second-order valence-electron chi connectivity index (χ2n) is 5.24. The van der Waals surface area contributed by atoms with E-state index in [0.29, 0.717) is 16.4 Å². The van der Waals surface area contributed by atoms with Crippen LogP contribution in [0.1, 0.15) is 10.4 Å². The van der Waals surface area contributed by atoms with E-state index in [4.69, 9.17) is 16.3 Å². The van der Waals surface area contributed by atoms with Gasteiger partial charge in [-0.3, -0.25) is 4.79 Å². The molecule has 1 heterocycles. The first-order valence-electron chi connectivity index (χ1n) is 7.49. The second kappa shape index (κ2) is 7.83. The normalized spacial score (nSPS) is 10.5. The third kappa shape index (κ3) is 4.48. The van der Waals surface area contributed by atoms with Crippen LogP contribution in [0.2, 0.25) is 5.02 Å². The third-order valence-electron chi connectivity index (χ3n) is 3.34. The lowest BCUT2D eigenvalue weighted by molar-refractivity contribution is -0.143. The molecular formula is C17H12ClFN4O3. The van der Waals surface area contributed by atoms with Gasteiger partial charge >= 0.3 is 5.97 Å². The second-order valence-corrected chi connectivity index (χ2v) is 5.68. The number of tetrazole rings is 1. The summed E-state index contributed by atoms with van der Waals surface area (Å²) in [6, 6.07) is 12.0. The summed E-state index contributed by atoms with van der Waals surface area (Å²) in [6.45, 7) is -0.807. The van der Waals surface area contributed by atoms with Crippen molar-refractivity contribution in [1.82, 2.24) is 20.2 Å². The Hall–Kier alpha value is -3.13. The van der Waals surface area contributed by atoms with Gasteiger partial charge in [-0.1, -0.05) is 23.7 Å². The van der Waals surface area contributed by atoms with Gasteiger partial charge in [0, 0.05) is 16.1 Å². The maximum atomic E-state index is 13.1. The molecule has 2 aromatic carbocycles. The number of esters is 1. The minimum Gasteiger partial charge on any atom is -0.456 e. The van der Waals surface area contributed by atoms with Crippen molar-refractivity contribution < 1.29 is 18.7 Å². The van der Waals surface area contributed by atoms with Crippen LogP contribution >= 0.6 is 11.6 Å². The van der Waals surface area contributed by atoms with Crippen LogP contribution in [0.25, 0.3) is 11.4 Å². The average molecular weight is 375 g/mol. The lowest BCUT2D eigenvalue weighted by atomic mass is 10.1. The van der Waals surface area contributed by atoms with E-state index in [1.807, 2.05) is 0 Å². The molecule has 0 radical (unpaired) electrons. The van der Waals surface area contributed by atoms with Crippen molar-refractivity contribution in [1.29, 1.82) is 0 Å². The fourth-order valence-electron chi connectivity index (χ4n) is 2.08. The first kappa shape index (κ1) is 17.7. The molecule has 0 atom stereocenters. The van der Waals surface area contributed by atoms with Crippen LogP contribution in [-0.2, 0) is 16.1 Å². The Labute approximate surface area is 152 Å². The highest BCUT2D eigenvalue weighted by molar-refractivity contribution is 6.30. The molecule has 0 saturated heterocycles. The Morgan fingerprint density at radius 2 is 1.92 bits per heavy atom. The first-order chi connectivity index (χ1) is 12.5. The molecule has 26 heavy (non-hydrogen) atoms. The number of benzene rings is 2. The van der Waals surface area contributed by atoms with Crippen molar-refractivity contribution in [3.63, 3.8) is 0 Å². The van der Waals surface area contributed by atoms with Gasteiger partial charge in [0.15, 0.2) is 18.9 Å². The van der Waals surface area contributed by atoms with Crippen molar-refractivity contribution >= 4 is 23.4 Å². The number of halogens is 2. The number of Topliss-reactive ketones (excluding diaryl/α,β-unsaturated/α-hetero) is 1. The fraction of sp³-hybridized carbons (Fsp3) is 0.118. The standard InChI is InChI=1S/C17H12ClFN4O3/c18-13-6-4-11(5-7-13)17-20-22-23(21-17)9-16(25)26-10-15(24)12-2-1-3-14(19)8-12/h1-8H,9-10H2. The smallest absolute Gasteiger partial charge is 0.330 e. The van der Waals surface area contributed by atoms with Crippen molar-refractivity contribution in [3.8, 4) is 11.4 Å². The van der Waals surface area contributed by atoms with Gasteiger partial charge in [-0.05, 0) is 41.6 Å². The molecule has 1 aromatic heterocycles. The highest BCUT2D eigenvalue weighted by atomic mass is 35.5. The molecule has 0 N–H and O–H groups in total. The summed E-state index contributed by atoms with van der Waals surface area (Å²) >= 11 is 5.82. The van der Waals surface area contributed by atoms with Gasteiger partial charge in [-0.2, -0.15) is 4.80 Å². The zero-order chi connectivity index (χ0) is 18.5. The Kier molecular flexibility index (Phi) is 5.33. The Bertz CT molecular complexity index is 943. The third-order valence-corrected chi connectivity index (χ3v) is 3.59. The number of carbonyl (C=O) groups excluding carboxylic acids is 2. The molecule has 3 aromatic rings. The van der Waals surface area contributed by atoms with Gasteiger partial charge in [0.25, 0.3) is 0 Å². The molecule has 3 rings (SSSR count). The molecular weight excluding hydrogens is 363 g/mol. The van der Waals surface area contributed by atoms with E-state index in [-0.39, 0.29) is 12.1 Å². The average Bonchev–Trinajstić information content (AvgIpc) is 3.08. The quantitative estimate of drug-likeness (QED) is 0.487. The summed E-state index contributed by atoms with van der Waals surface area (Å²) in [5.41, 5.74) is 0.817. The zero-order valence-corrected chi connectivity index (χ0v) is 14.1. The van der Waals surface area contributed by atoms with Crippen LogP contribution in [-0.4, -0.2) is 38.6 Å². The first-order valence-corrected chi connectivity index (χ1v) is 7.87. The molecule has 0 bridgehead atoms. The summed E-state index contributed by atoms with van der Waals surface area (Å²) in [5, 5.41) is 12.2. The van der Waals surface area contributed by atoms with Crippen molar-refractivity contribution in [2.24, 2.45) is 0 Å². The molecule has 0 amide bonds. The maximum Gasteiger partial charge on any atom is 0.330 e. The van der Waals surface area contributed by atoms with Gasteiger partial charge in [0.1, 0.15) is 5.82 Å². The zero-order valence-electron chi connectivity index (χ0n) is 13.3. The fourth-order valence-corrected chi connectivity index (χ4v) is 2.20. The highest BCUT2D eigenvalue weighted by Gasteiger charge is 2.13. The van der Waals surface area contributed by atoms with Crippen LogP contribution in [0, 0.1) is 5.82 Å². The van der Waals surface area contributed by atoms with E-state index in [1.54, 1.807) is 24.3 Å². The Morgan fingerprint density at radius 1 is 1.15 bits per heavy atom. The molecule has 0 fully saturated rings. The Morgan fingerprint density at radius 3 is 2.65 bits per heavy atom. The maximum absolute atomic E-state index is 13.1. The van der Waals surface area contributed by atoms with E-state index < -0.39 is 24.2 Å². The van der Waals surface area contributed by atoms with E-state index in [2.05, 4.69) is 15.4 Å². The molecule has 7 nitrogen and oxygen atoms in total. The van der Waals surface area contributed by atoms with Crippen molar-refractivity contribution in [3.05, 3.63) is 64.9 Å². The predicted molar refractivity (Wildman–Crippen MR) is 90.0 cm³/mol. The van der Waals surface area contributed by atoms with Crippen LogP contribution in [0.5, 0.6) is 0 Å². The van der Waals surface area contributed by atoms with Gasteiger partial charge in [0.2, 0.25) is 5.82 Å². The van der Waals surface area contributed by atoms with E-state index in [9.17, 15) is 14.0 Å². The number of aromatic nitrogens is 4. The van der Waals surface area contributed by atoms with Crippen LogP contribution in [0.15, 0.2) is 48.5 Å². The lowest BCUT2D eigenvalue weighted by Crippen LogP contribution is -2.19. The SMILES string of the molecule is O=C(Cn1nnc(-c2ccc(Cl)cc2)n1)OCC(=O)c1cccc(F)c1.